The molecule has 0 unspecified atom stereocenters. The number of benzene rings is 1. The van der Waals surface area contributed by atoms with E-state index in [1.807, 2.05) is 33.8 Å². The Hall–Kier alpha value is -0.910. The summed E-state index contributed by atoms with van der Waals surface area (Å²) in [6.07, 6.45) is 0.558. The molecule has 0 aliphatic rings. The maximum absolute atomic E-state index is 12.2. The second kappa shape index (κ2) is 6.03. The Morgan fingerprint density at radius 2 is 1.84 bits per heavy atom. The fraction of sp³-hybridized carbons (Fsp3) is 0.571. The standard InChI is InChI=1S/C14H23NO3S/c1-11-5-6-13(9-12(11)2)19(17,18)15-10-14(3,4)7-8-16/h5-6,9,15-16H,7-8,10H2,1-4H3. The van der Waals surface area contributed by atoms with E-state index in [4.69, 9.17) is 5.11 Å². The summed E-state index contributed by atoms with van der Waals surface area (Å²) in [4.78, 5) is 0.287. The van der Waals surface area contributed by atoms with Crippen molar-refractivity contribution in [2.24, 2.45) is 5.41 Å². The Morgan fingerprint density at radius 3 is 2.37 bits per heavy atom. The lowest BCUT2D eigenvalue weighted by atomic mass is 9.90. The van der Waals surface area contributed by atoms with Crippen molar-refractivity contribution in [3.05, 3.63) is 29.3 Å². The molecule has 0 saturated carbocycles. The highest BCUT2D eigenvalue weighted by Crippen LogP contribution is 2.20. The van der Waals surface area contributed by atoms with E-state index in [2.05, 4.69) is 4.72 Å². The first-order valence-electron chi connectivity index (χ1n) is 6.36. The molecule has 2 N–H and O–H groups in total. The lowest BCUT2D eigenvalue weighted by molar-refractivity contribution is 0.213. The Kier molecular flexibility index (Phi) is 5.12. The molecule has 0 aliphatic carbocycles. The quantitative estimate of drug-likeness (QED) is 0.840. The molecule has 0 heterocycles. The van der Waals surface area contributed by atoms with Gasteiger partial charge in [0.1, 0.15) is 0 Å². The molecule has 0 aliphatic heterocycles. The third-order valence-electron chi connectivity index (χ3n) is 3.32. The van der Waals surface area contributed by atoms with Crippen molar-refractivity contribution in [2.75, 3.05) is 13.2 Å². The van der Waals surface area contributed by atoms with Crippen molar-refractivity contribution in [3.63, 3.8) is 0 Å². The highest BCUT2D eigenvalue weighted by atomic mass is 32.2. The minimum atomic E-state index is -3.48. The number of hydrogen-bond donors (Lipinski definition) is 2. The van der Waals surface area contributed by atoms with Gasteiger partial charge in [0, 0.05) is 13.2 Å². The maximum atomic E-state index is 12.2. The summed E-state index contributed by atoms with van der Waals surface area (Å²) >= 11 is 0. The molecule has 4 nitrogen and oxygen atoms in total. The number of rotatable bonds is 6. The van der Waals surface area contributed by atoms with Gasteiger partial charge in [-0.05, 0) is 48.9 Å². The second-order valence-electron chi connectivity index (χ2n) is 5.71. The van der Waals surface area contributed by atoms with Crippen LogP contribution in [0.15, 0.2) is 23.1 Å². The van der Waals surface area contributed by atoms with Crippen molar-refractivity contribution in [2.45, 2.75) is 39.0 Å². The number of sulfonamides is 1. The zero-order valence-electron chi connectivity index (χ0n) is 12.0. The van der Waals surface area contributed by atoms with Gasteiger partial charge in [0.15, 0.2) is 0 Å². The van der Waals surface area contributed by atoms with Crippen LogP contribution in [0.1, 0.15) is 31.4 Å². The fourth-order valence-electron chi connectivity index (χ4n) is 1.65. The fourth-order valence-corrected chi connectivity index (χ4v) is 2.97. The third kappa shape index (κ3) is 4.60. The summed E-state index contributed by atoms with van der Waals surface area (Å²) in [7, 11) is -3.48. The molecular weight excluding hydrogens is 262 g/mol. The molecule has 1 rings (SSSR count). The molecule has 0 fully saturated rings. The first-order chi connectivity index (χ1) is 8.68. The molecule has 19 heavy (non-hydrogen) atoms. The van der Waals surface area contributed by atoms with Gasteiger partial charge in [0.25, 0.3) is 0 Å². The zero-order valence-corrected chi connectivity index (χ0v) is 12.8. The van der Waals surface area contributed by atoms with Gasteiger partial charge in [-0.25, -0.2) is 13.1 Å². The summed E-state index contributed by atoms with van der Waals surface area (Å²) in [6.45, 7) is 8.05. The van der Waals surface area contributed by atoms with Gasteiger partial charge in [-0.1, -0.05) is 19.9 Å². The average molecular weight is 285 g/mol. The summed E-state index contributed by atoms with van der Waals surface area (Å²) in [5.74, 6) is 0. The molecule has 108 valence electrons. The molecule has 0 saturated heterocycles. The van der Waals surface area contributed by atoms with E-state index in [-0.39, 0.29) is 16.9 Å². The van der Waals surface area contributed by atoms with Crippen LogP contribution < -0.4 is 4.72 Å². The normalized spacial score (nSPS) is 12.7. The van der Waals surface area contributed by atoms with Crippen molar-refractivity contribution in [1.29, 1.82) is 0 Å². The summed E-state index contributed by atoms with van der Waals surface area (Å²) in [6, 6.07) is 5.10. The maximum Gasteiger partial charge on any atom is 0.240 e. The summed E-state index contributed by atoms with van der Waals surface area (Å²) in [5.41, 5.74) is 1.76. The van der Waals surface area contributed by atoms with Gasteiger partial charge in [0.05, 0.1) is 4.90 Å². The van der Waals surface area contributed by atoms with Crippen LogP contribution in [0.4, 0.5) is 0 Å². The van der Waals surface area contributed by atoms with Crippen LogP contribution in [-0.4, -0.2) is 26.7 Å². The Bertz CT molecular complexity index is 536. The van der Waals surface area contributed by atoms with Crippen LogP contribution in [0.25, 0.3) is 0 Å². The minimum absolute atomic E-state index is 0.0539. The summed E-state index contributed by atoms with van der Waals surface area (Å²) < 4.78 is 27.0. The molecule has 1 aromatic rings. The van der Waals surface area contributed by atoms with Gasteiger partial charge in [-0.15, -0.1) is 0 Å². The predicted octanol–water partition coefficient (Wildman–Crippen LogP) is 1.99. The van der Waals surface area contributed by atoms with E-state index >= 15 is 0 Å². The van der Waals surface area contributed by atoms with Gasteiger partial charge in [-0.3, -0.25) is 0 Å². The highest BCUT2D eigenvalue weighted by Gasteiger charge is 2.22. The Morgan fingerprint density at radius 1 is 1.21 bits per heavy atom. The topological polar surface area (TPSA) is 66.4 Å². The van der Waals surface area contributed by atoms with Gasteiger partial charge in [0.2, 0.25) is 10.0 Å². The van der Waals surface area contributed by atoms with Crippen molar-refractivity contribution in [3.8, 4) is 0 Å². The monoisotopic (exact) mass is 285 g/mol. The molecule has 0 bridgehead atoms. The number of aryl methyl sites for hydroxylation is 2. The van der Waals surface area contributed by atoms with E-state index in [1.165, 1.54) is 0 Å². The van der Waals surface area contributed by atoms with Crippen molar-refractivity contribution >= 4 is 10.0 Å². The van der Waals surface area contributed by atoms with Gasteiger partial charge < -0.3 is 5.11 Å². The number of aliphatic hydroxyl groups is 1. The SMILES string of the molecule is Cc1ccc(S(=O)(=O)NCC(C)(C)CCO)cc1C. The molecule has 5 heteroatoms. The van der Waals surface area contributed by atoms with Crippen LogP contribution in [0.3, 0.4) is 0 Å². The molecule has 1 aromatic carbocycles. The molecule has 0 aromatic heterocycles. The predicted molar refractivity (Wildman–Crippen MR) is 76.6 cm³/mol. The zero-order chi connectivity index (χ0) is 14.7. The van der Waals surface area contributed by atoms with Gasteiger partial charge >= 0.3 is 0 Å². The van der Waals surface area contributed by atoms with E-state index in [0.29, 0.717) is 13.0 Å². The summed E-state index contributed by atoms with van der Waals surface area (Å²) in [5, 5.41) is 8.94. The van der Waals surface area contributed by atoms with Crippen LogP contribution in [0.5, 0.6) is 0 Å². The molecule has 0 amide bonds. The minimum Gasteiger partial charge on any atom is -0.396 e. The molecule has 0 radical (unpaired) electrons. The van der Waals surface area contributed by atoms with Crippen molar-refractivity contribution < 1.29 is 13.5 Å². The van der Waals surface area contributed by atoms with E-state index in [0.717, 1.165) is 11.1 Å². The van der Waals surface area contributed by atoms with E-state index < -0.39 is 10.0 Å². The Balaban J connectivity index is 2.84. The van der Waals surface area contributed by atoms with E-state index in [1.54, 1.807) is 12.1 Å². The van der Waals surface area contributed by atoms with Crippen LogP contribution in [0, 0.1) is 19.3 Å². The average Bonchev–Trinajstić information content (AvgIpc) is 2.30. The van der Waals surface area contributed by atoms with E-state index in [9.17, 15) is 8.42 Å². The molecular formula is C14H23NO3S. The first kappa shape index (κ1) is 16.1. The molecule has 0 spiro atoms. The number of hydrogen-bond acceptors (Lipinski definition) is 3. The number of nitrogens with one attached hydrogen (secondary N) is 1. The second-order valence-corrected chi connectivity index (χ2v) is 7.48. The van der Waals surface area contributed by atoms with Crippen LogP contribution >= 0.6 is 0 Å². The van der Waals surface area contributed by atoms with Crippen molar-refractivity contribution in [1.82, 2.24) is 4.72 Å². The van der Waals surface area contributed by atoms with Gasteiger partial charge in [-0.2, -0.15) is 0 Å². The highest BCUT2D eigenvalue weighted by molar-refractivity contribution is 7.89. The largest absolute Gasteiger partial charge is 0.396 e. The number of aliphatic hydroxyl groups excluding tert-OH is 1. The smallest absolute Gasteiger partial charge is 0.240 e. The lowest BCUT2D eigenvalue weighted by Gasteiger charge is -2.23. The third-order valence-corrected chi connectivity index (χ3v) is 4.72. The Labute approximate surface area is 115 Å². The molecule has 0 atom stereocenters. The van der Waals surface area contributed by atoms with Crippen LogP contribution in [-0.2, 0) is 10.0 Å². The lowest BCUT2D eigenvalue weighted by Crippen LogP contribution is -2.34. The first-order valence-corrected chi connectivity index (χ1v) is 7.84. The van der Waals surface area contributed by atoms with Crippen LogP contribution in [0.2, 0.25) is 0 Å².